The molecular weight excluding hydrogens is 359 g/mol. The molecule has 0 spiro atoms. The molecule has 2 aliphatic heterocycles. The zero-order chi connectivity index (χ0) is 19.5. The van der Waals surface area contributed by atoms with Gasteiger partial charge in [0.05, 0.1) is 18.3 Å². The molecule has 146 valence electrons. The topological polar surface area (TPSA) is 50.8 Å². The molecule has 1 atom stereocenters. The van der Waals surface area contributed by atoms with Gasteiger partial charge in [0.25, 0.3) is 5.91 Å². The second-order valence-corrected chi connectivity index (χ2v) is 7.11. The summed E-state index contributed by atoms with van der Waals surface area (Å²) in [5, 5.41) is 3.32. The van der Waals surface area contributed by atoms with Crippen molar-refractivity contribution in [2.24, 2.45) is 0 Å². The van der Waals surface area contributed by atoms with E-state index < -0.39 is 0 Å². The van der Waals surface area contributed by atoms with Crippen LogP contribution in [0.4, 0.5) is 4.39 Å². The minimum Gasteiger partial charge on any atom is -0.488 e. The molecule has 1 unspecified atom stereocenters. The minimum atomic E-state index is -0.349. The molecule has 28 heavy (non-hydrogen) atoms. The van der Waals surface area contributed by atoms with Gasteiger partial charge in [0.1, 0.15) is 18.2 Å². The molecule has 1 amide bonds. The van der Waals surface area contributed by atoms with E-state index in [0.29, 0.717) is 30.0 Å². The van der Waals surface area contributed by atoms with Crippen LogP contribution in [0.3, 0.4) is 0 Å². The van der Waals surface area contributed by atoms with Gasteiger partial charge in [0.15, 0.2) is 0 Å². The number of hydrogen-bond donors (Lipinski definition) is 1. The normalized spacial score (nSPS) is 18.6. The smallest absolute Gasteiger partial charge is 0.253 e. The van der Waals surface area contributed by atoms with Gasteiger partial charge in [-0.05, 0) is 35.4 Å². The number of carbonyl (C=O) groups is 1. The second kappa shape index (κ2) is 8.12. The van der Waals surface area contributed by atoms with Gasteiger partial charge in [-0.2, -0.15) is 0 Å². The van der Waals surface area contributed by atoms with Crippen LogP contribution in [0.2, 0.25) is 0 Å². The van der Waals surface area contributed by atoms with Crippen molar-refractivity contribution in [2.75, 3.05) is 33.4 Å². The second-order valence-electron chi connectivity index (χ2n) is 7.11. The van der Waals surface area contributed by atoms with Crippen LogP contribution >= 0.6 is 0 Å². The quantitative estimate of drug-likeness (QED) is 0.884. The summed E-state index contributed by atoms with van der Waals surface area (Å²) in [6, 6.07) is 12.5. The molecule has 0 radical (unpaired) electrons. The van der Waals surface area contributed by atoms with Gasteiger partial charge in [0, 0.05) is 32.2 Å². The van der Waals surface area contributed by atoms with E-state index in [1.807, 2.05) is 24.3 Å². The Morgan fingerprint density at radius 3 is 2.82 bits per heavy atom. The van der Waals surface area contributed by atoms with Crippen LogP contribution < -0.4 is 10.1 Å². The summed E-state index contributed by atoms with van der Waals surface area (Å²) in [7, 11) is 1.76. The van der Waals surface area contributed by atoms with Crippen LogP contribution in [-0.4, -0.2) is 44.2 Å². The lowest BCUT2D eigenvalue weighted by Crippen LogP contribution is -2.33. The predicted molar refractivity (Wildman–Crippen MR) is 104 cm³/mol. The first-order valence-corrected chi connectivity index (χ1v) is 9.40. The lowest BCUT2D eigenvalue weighted by atomic mass is 10.0. The highest BCUT2D eigenvalue weighted by atomic mass is 19.1. The first-order chi connectivity index (χ1) is 13.6. The van der Waals surface area contributed by atoms with Crippen molar-refractivity contribution < 1.29 is 18.7 Å². The van der Waals surface area contributed by atoms with E-state index in [2.05, 4.69) is 5.32 Å². The highest BCUT2D eigenvalue weighted by molar-refractivity contribution is 5.99. The number of carbonyl (C=O) groups excluding carboxylic acids is 1. The number of ether oxygens (including phenoxy) is 2. The molecule has 2 heterocycles. The lowest BCUT2D eigenvalue weighted by molar-refractivity contribution is -0.126. The van der Waals surface area contributed by atoms with Gasteiger partial charge >= 0.3 is 0 Å². The van der Waals surface area contributed by atoms with Gasteiger partial charge in [-0.15, -0.1) is 0 Å². The van der Waals surface area contributed by atoms with E-state index in [0.717, 1.165) is 24.2 Å². The third-order valence-electron chi connectivity index (χ3n) is 5.00. The third kappa shape index (κ3) is 4.08. The van der Waals surface area contributed by atoms with E-state index in [4.69, 9.17) is 9.47 Å². The number of likely N-dealkylation sites (N-methyl/N-ethyl adjacent to an activating group) is 1. The summed E-state index contributed by atoms with van der Waals surface area (Å²) < 4.78 is 24.8. The Labute approximate surface area is 163 Å². The molecule has 5 nitrogen and oxygen atoms in total. The Morgan fingerprint density at radius 2 is 2.07 bits per heavy atom. The maximum atomic E-state index is 13.4. The molecule has 2 aliphatic rings. The number of hydrogen-bond acceptors (Lipinski definition) is 4. The predicted octanol–water partition coefficient (Wildman–Crippen LogP) is 2.92. The highest BCUT2D eigenvalue weighted by Gasteiger charge is 2.21. The Bertz CT molecular complexity index is 889. The maximum Gasteiger partial charge on any atom is 0.253 e. The number of nitrogens with one attached hydrogen (secondary N) is 1. The van der Waals surface area contributed by atoms with E-state index in [1.54, 1.807) is 24.1 Å². The third-order valence-corrected chi connectivity index (χ3v) is 5.00. The summed E-state index contributed by atoms with van der Waals surface area (Å²) in [6.07, 6.45) is 1.78. The van der Waals surface area contributed by atoms with Crippen LogP contribution in [0.15, 0.2) is 48.0 Å². The van der Waals surface area contributed by atoms with Crippen molar-refractivity contribution in [3.63, 3.8) is 0 Å². The first-order valence-electron chi connectivity index (χ1n) is 9.40. The van der Waals surface area contributed by atoms with E-state index in [1.165, 1.54) is 12.1 Å². The van der Waals surface area contributed by atoms with Crippen molar-refractivity contribution in [3.05, 3.63) is 70.5 Å². The molecule has 1 fully saturated rings. The zero-order valence-electron chi connectivity index (χ0n) is 15.8. The molecular formula is C22H23FN2O3. The van der Waals surface area contributed by atoms with Crippen molar-refractivity contribution in [1.29, 1.82) is 0 Å². The van der Waals surface area contributed by atoms with Crippen LogP contribution in [0.1, 0.15) is 22.8 Å². The molecule has 2 aromatic carbocycles. The number of fused-ring (bicyclic) bond motifs is 1. The van der Waals surface area contributed by atoms with Crippen molar-refractivity contribution in [2.45, 2.75) is 12.6 Å². The standard InChI is InChI=1S/C22H23FN2O3/c1-25(13-15-2-4-16(5-3-15)21-12-24-8-9-27-21)22(26)18-10-17-11-19(23)6-7-20(17)28-14-18/h2-7,10-11,21,24H,8-9,12-14H2,1H3. The molecule has 0 aliphatic carbocycles. The van der Waals surface area contributed by atoms with Gasteiger partial charge < -0.3 is 19.7 Å². The van der Waals surface area contributed by atoms with E-state index in [9.17, 15) is 9.18 Å². The molecule has 2 aromatic rings. The number of benzene rings is 2. The zero-order valence-corrected chi connectivity index (χ0v) is 15.8. The summed E-state index contributed by atoms with van der Waals surface area (Å²) in [5.74, 6) is 0.118. The number of nitrogens with zero attached hydrogens (tertiary/aromatic N) is 1. The molecule has 0 saturated carbocycles. The molecule has 6 heteroatoms. The van der Waals surface area contributed by atoms with Crippen LogP contribution in [-0.2, 0) is 16.1 Å². The highest BCUT2D eigenvalue weighted by Crippen LogP contribution is 2.28. The van der Waals surface area contributed by atoms with Crippen LogP contribution in [0, 0.1) is 5.82 Å². The summed E-state index contributed by atoms with van der Waals surface area (Å²) in [4.78, 5) is 14.4. The van der Waals surface area contributed by atoms with Crippen LogP contribution in [0.25, 0.3) is 6.08 Å². The Balaban J connectivity index is 1.42. The SMILES string of the molecule is CN(Cc1ccc(C2CNCCO2)cc1)C(=O)C1=Cc2cc(F)ccc2OC1. The Morgan fingerprint density at radius 1 is 1.25 bits per heavy atom. The van der Waals surface area contributed by atoms with Gasteiger partial charge in [-0.3, -0.25) is 4.79 Å². The van der Waals surface area contributed by atoms with E-state index in [-0.39, 0.29) is 24.4 Å². The van der Waals surface area contributed by atoms with Crippen molar-refractivity contribution in [3.8, 4) is 5.75 Å². The Hall–Kier alpha value is -2.70. The largest absolute Gasteiger partial charge is 0.488 e. The average Bonchev–Trinajstić information content (AvgIpc) is 2.73. The number of morpholine rings is 1. The Kier molecular flexibility index (Phi) is 5.41. The minimum absolute atomic E-state index is 0.0761. The monoisotopic (exact) mass is 382 g/mol. The fourth-order valence-electron chi connectivity index (χ4n) is 3.48. The van der Waals surface area contributed by atoms with Crippen molar-refractivity contribution >= 4 is 12.0 Å². The average molecular weight is 382 g/mol. The van der Waals surface area contributed by atoms with Crippen LogP contribution in [0.5, 0.6) is 5.75 Å². The molecule has 0 bridgehead atoms. The lowest BCUT2D eigenvalue weighted by Gasteiger charge is -2.25. The fourth-order valence-corrected chi connectivity index (χ4v) is 3.48. The molecule has 1 saturated heterocycles. The number of halogens is 1. The maximum absolute atomic E-state index is 13.4. The van der Waals surface area contributed by atoms with E-state index >= 15 is 0 Å². The summed E-state index contributed by atoms with van der Waals surface area (Å²) in [6.45, 7) is 3.09. The molecule has 1 N–H and O–H groups in total. The fraction of sp³-hybridized carbons (Fsp3) is 0.318. The first kappa shape index (κ1) is 18.7. The molecule has 0 aromatic heterocycles. The number of amides is 1. The molecule has 4 rings (SSSR count). The summed E-state index contributed by atoms with van der Waals surface area (Å²) >= 11 is 0. The summed E-state index contributed by atoms with van der Waals surface area (Å²) in [5.41, 5.74) is 3.27. The number of rotatable bonds is 4. The van der Waals surface area contributed by atoms with Crippen molar-refractivity contribution in [1.82, 2.24) is 10.2 Å². The van der Waals surface area contributed by atoms with Gasteiger partial charge in [-0.25, -0.2) is 4.39 Å². The van der Waals surface area contributed by atoms with Gasteiger partial charge in [-0.1, -0.05) is 24.3 Å². The van der Waals surface area contributed by atoms with Gasteiger partial charge in [0.2, 0.25) is 0 Å².